The number of hydrogen-bond acceptors (Lipinski definition) is 3. The summed E-state index contributed by atoms with van der Waals surface area (Å²) >= 11 is 1.80. The summed E-state index contributed by atoms with van der Waals surface area (Å²) in [5.41, 5.74) is 1.18. The Morgan fingerprint density at radius 3 is 2.57 bits per heavy atom. The van der Waals surface area contributed by atoms with Crippen molar-refractivity contribution in [1.82, 2.24) is 10.3 Å². The van der Waals surface area contributed by atoms with Gasteiger partial charge in [0.1, 0.15) is 5.01 Å². The van der Waals surface area contributed by atoms with Crippen LogP contribution in [-0.4, -0.2) is 11.5 Å². The standard InChI is InChI=1S/C11H20N2S/c1-8(2)5-6-12-7-11-13-9(3)10(4)14-11/h8,12H,5-7H2,1-4H3. The Morgan fingerprint density at radius 2 is 2.07 bits per heavy atom. The van der Waals surface area contributed by atoms with Gasteiger partial charge in [-0.15, -0.1) is 11.3 Å². The van der Waals surface area contributed by atoms with E-state index in [0.29, 0.717) is 0 Å². The van der Waals surface area contributed by atoms with Crippen LogP contribution in [0.4, 0.5) is 0 Å². The van der Waals surface area contributed by atoms with Gasteiger partial charge >= 0.3 is 0 Å². The van der Waals surface area contributed by atoms with Crippen molar-refractivity contribution in [2.24, 2.45) is 5.92 Å². The summed E-state index contributed by atoms with van der Waals surface area (Å²) in [6, 6.07) is 0. The Balaban J connectivity index is 2.25. The summed E-state index contributed by atoms with van der Waals surface area (Å²) in [7, 11) is 0. The molecule has 0 fully saturated rings. The highest BCUT2D eigenvalue weighted by molar-refractivity contribution is 7.11. The van der Waals surface area contributed by atoms with E-state index in [0.717, 1.165) is 19.0 Å². The van der Waals surface area contributed by atoms with Crippen LogP contribution in [0.25, 0.3) is 0 Å². The van der Waals surface area contributed by atoms with Gasteiger partial charge < -0.3 is 5.32 Å². The normalized spacial score (nSPS) is 11.2. The van der Waals surface area contributed by atoms with E-state index in [-0.39, 0.29) is 0 Å². The summed E-state index contributed by atoms with van der Waals surface area (Å²) < 4.78 is 0. The lowest BCUT2D eigenvalue weighted by molar-refractivity contribution is 0.537. The van der Waals surface area contributed by atoms with Gasteiger partial charge in [0.15, 0.2) is 0 Å². The third-order valence-electron chi connectivity index (χ3n) is 2.25. The van der Waals surface area contributed by atoms with Crippen LogP contribution >= 0.6 is 11.3 Å². The Hall–Kier alpha value is -0.410. The summed E-state index contributed by atoms with van der Waals surface area (Å²) in [5, 5.41) is 4.63. The first-order valence-corrected chi connectivity index (χ1v) is 6.05. The molecular formula is C11H20N2S. The summed E-state index contributed by atoms with van der Waals surface area (Å²) in [6.45, 7) is 10.7. The number of hydrogen-bond donors (Lipinski definition) is 1. The van der Waals surface area contributed by atoms with E-state index >= 15 is 0 Å². The Bertz CT molecular complexity index is 259. The molecule has 0 amide bonds. The lowest BCUT2D eigenvalue weighted by Crippen LogP contribution is -2.16. The fraction of sp³-hybridized carbons (Fsp3) is 0.727. The van der Waals surface area contributed by atoms with Crippen LogP contribution in [0.1, 0.15) is 35.8 Å². The van der Waals surface area contributed by atoms with Crippen molar-refractivity contribution in [2.45, 2.75) is 40.7 Å². The van der Waals surface area contributed by atoms with Crippen molar-refractivity contribution in [2.75, 3.05) is 6.54 Å². The fourth-order valence-electron chi connectivity index (χ4n) is 1.20. The molecule has 1 N–H and O–H groups in total. The van der Waals surface area contributed by atoms with Crippen molar-refractivity contribution in [3.8, 4) is 0 Å². The van der Waals surface area contributed by atoms with Gasteiger partial charge in [0.05, 0.1) is 5.69 Å². The minimum atomic E-state index is 0.780. The smallest absolute Gasteiger partial charge is 0.107 e. The predicted molar refractivity (Wildman–Crippen MR) is 62.7 cm³/mol. The van der Waals surface area contributed by atoms with Crippen LogP contribution in [0.5, 0.6) is 0 Å². The van der Waals surface area contributed by atoms with E-state index in [4.69, 9.17) is 0 Å². The minimum Gasteiger partial charge on any atom is -0.310 e. The maximum absolute atomic E-state index is 4.48. The van der Waals surface area contributed by atoms with Gasteiger partial charge in [0.25, 0.3) is 0 Å². The second kappa shape index (κ2) is 5.47. The zero-order chi connectivity index (χ0) is 10.6. The molecule has 1 aromatic rings. The monoisotopic (exact) mass is 212 g/mol. The second-order valence-corrected chi connectivity index (χ2v) is 5.40. The molecule has 0 aliphatic carbocycles. The van der Waals surface area contributed by atoms with E-state index in [1.165, 1.54) is 22.0 Å². The number of thiazole rings is 1. The summed E-state index contributed by atoms with van der Waals surface area (Å²) in [5.74, 6) is 0.780. The number of rotatable bonds is 5. The molecule has 2 nitrogen and oxygen atoms in total. The predicted octanol–water partition coefficient (Wildman–Crippen LogP) is 2.90. The summed E-state index contributed by atoms with van der Waals surface area (Å²) in [6.07, 6.45) is 1.24. The van der Waals surface area contributed by atoms with E-state index in [2.05, 4.69) is 38.0 Å². The quantitative estimate of drug-likeness (QED) is 0.759. The summed E-state index contributed by atoms with van der Waals surface area (Å²) in [4.78, 5) is 5.82. The van der Waals surface area contributed by atoms with Gasteiger partial charge in [-0.3, -0.25) is 0 Å². The Kier molecular flexibility index (Phi) is 4.55. The maximum Gasteiger partial charge on any atom is 0.107 e. The lowest BCUT2D eigenvalue weighted by atomic mass is 10.1. The third-order valence-corrected chi connectivity index (χ3v) is 3.32. The van der Waals surface area contributed by atoms with Gasteiger partial charge in [-0.25, -0.2) is 4.98 Å². The van der Waals surface area contributed by atoms with Gasteiger partial charge in [0.2, 0.25) is 0 Å². The first kappa shape index (κ1) is 11.7. The number of nitrogens with one attached hydrogen (secondary N) is 1. The molecule has 0 bridgehead atoms. The Morgan fingerprint density at radius 1 is 1.36 bits per heavy atom. The molecule has 0 unspecified atom stereocenters. The van der Waals surface area contributed by atoms with Crippen LogP contribution in [0.15, 0.2) is 0 Å². The van der Waals surface area contributed by atoms with Crippen molar-refractivity contribution in [3.63, 3.8) is 0 Å². The molecule has 0 saturated heterocycles. The Labute approximate surface area is 90.8 Å². The minimum absolute atomic E-state index is 0.780. The highest BCUT2D eigenvalue weighted by atomic mass is 32.1. The molecule has 1 heterocycles. The molecule has 0 aliphatic rings. The molecule has 0 radical (unpaired) electrons. The van der Waals surface area contributed by atoms with Crippen LogP contribution in [-0.2, 0) is 6.54 Å². The van der Waals surface area contributed by atoms with E-state index in [1.807, 2.05) is 0 Å². The van der Waals surface area contributed by atoms with E-state index in [1.54, 1.807) is 11.3 Å². The molecule has 3 heteroatoms. The molecule has 1 rings (SSSR count). The molecule has 14 heavy (non-hydrogen) atoms. The number of aromatic nitrogens is 1. The molecule has 0 aromatic carbocycles. The zero-order valence-electron chi connectivity index (χ0n) is 9.55. The van der Waals surface area contributed by atoms with Gasteiger partial charge in [-0.05, 0) is 32.7 Å². The molecule has 0 aliphatic heterocycles. The highest BCUT2D eigenvalue weighted by Crippen LogP contribution is 2.15. The zero-order valence-corrected chi connectivity index (χ0v) is 10.4. The van der Waals surface area contributed by atoms with Gasteiger partial charge in [-0.2, -0.15) is 0 Å². The lowest BCUT2D eigenvalue weighted by Gasteiger charge is -2.04. The van der Waals surface area contributed by atoms with E-state index < -0.39 is 0 Å². The molecule has 80 valence electrons. The van der Waals surface area contributed by atoms with Crippen molar-refractivity contribution in [1.29, 1.82) is 0 Å². The van der Waals surface area contributed by atoms with Crippen LogP contribution < -0.4 is 5.32 Å². The average molecular weight is 212 g/mol. The first-order chi connectivity index (χ1) is 6.59. The number of nitrogens with zero attached hydrogens (tertiary/aromatic N) is 1. The highest BCUT2D eigenvalue weighted by Gasteiger charge is 2.02. The fourth-order valence-corrected chi connectivity index (χ4v) is 2.10. The van der Waals surface area contributed by atoms with Gasteiger partial charge in [-0.1, -0.05) is 13.8 Å². The molecule has 0 spiro atoms. The topological polar surface area (TPSA) is 24.9 Å². The first-order valence-electron chi connectivity index (χ1n) is 5.23. The van der Waals surface area contributed by atoms with Crippen LogP contribution in [0, 0.1) is 19.8 Å². The van der Waals surface area contributed by atoms with Gasteiger partial charge in [0, 0.05) is 11.4 Å². The van der Waals surface area contributed by atoms with E-state index in [9.17, 15) is 0 Å². The van der Waals surface area contributed by atoms with Crippen molar-refractivity contribution < 1.29 is 0 Å². The molecular weight excluding hydrogens is 192 g/mol. The molecule has 0 atom stereocenters. The number of aryl methyl sites for hydroxylation is 2. The largest absolute Gasteiger partial charge is 0.310 e. The van der Waals surface area contributed by atoms with Crippen LogP contribution in [0.2, 0.25) is 0 Å². The molecule has 0 saturated carbocycles. The molecule has 1 aromatic heterocycles. The maximum atomic E-state index is 4.48. The average Bonchev–Trinajstić information content (AvgIpc) is 2.40. The third kappa shape index (κ3) is 3.76. The second-order valence-electron chi connectivity index (χ2n) is 4.11. The van der Waals surface area contributed by atoms with Crippen LogP contribution in [0.3, 0.4) is 0 Å². The van der Waals surface area contributed by atoms with Crippen molar-refractivity contribution in [3.05, 3.63) is 15.6 Å². The SMILES string of the molecule is Cc1nc(CNCCC(C)C)sc1C. The van der Waals surface area contributed by atoms with Crippen molar-refractivity contribution >= 4 is 11.3 Å².